The van der Waals surface area contributed by atoms with Gasteiger partial charge >= 0.3 is 5.97 Å². The van der Waals surface area contributed by atoms with E-state index in [-0.39, 0.29) is 35.6 Å². The number of epoxide rings is 2. The molecule has 9 nitrogen and oxygen atoms in total. The van der Waals surface area contributed by atoms with Gasteiger partial charge in [-0.2, -0.15) is 0 Å². The number of benzene rings is 2. The fraction of sp³-hybridized carbons (Fsp3) is 0.528. The van der Waals surface area contributed by atoms with Crippen LogP contribution in [0.15, 0.2) is 65.4 Å². The first-order valence-corrected chi connectivity index (χ1v) is 16.0. The van der Waals surface area contributed by atoms with Crippen LogP contribution < -0.4 is 9.47 Å². The van der Waals surface area contributed by atoms with Gasteiger partial charge in [-0.25, -0.2) is 4.79 Å². The summed E-state index contributed by atoms with van der Waals surface area (Å²) < 4.78 is 43.4. The molecule has 5 heterocycles. The van der Waals surface area contributed by atoms with Crippen LogP contribution in [0.25, 0.3) is 5.76 Å². The largest absolute Gasteiger partial charge is 0.497 e. The van der Waals surface area contributed by atoms with Crippen molar-refractivity contribution in [1.82, 2.24) is 0 Å². The smallest absolute Gasteiger partial charge is 0.343 e. The Morgan fingerprint density at radius 3 is 2.20 bits per heavy atom. The molecule has 5 aliphatic heterocycles. The molecular formula is C36H38O9. The highest BCUT2D eigenvalue weighted by Crippen LogP contribution is 2.82. The second-order valence-corrected chi connectivity index (χ2v) is 14.2. The van der Waals surface area contributed by atoms with Gasteiger partial charge in [0, 0.05) is 28.9 Å². The summed E-state index contributed by atoms with van der Waals surface area (Å²) in [4.78, 5) is 13.6. The molecule has 0 radical (unpaired) electrons. The molecule has 236 valence electrons. The normalized spacial score (nSPS) is 42.2. The molecule has 45 heavy (non-hydrogen) atoms. The van der Waals surface area contributed by atoms with E-state index in [1.54, 1.807) is 38.5 Å². The summed E-state index contributed by atoms with van der Waals surface area (Å²) in [6.07, 6.45) is 1.26. The van der Waals surface area contributed by atoms with E-state index >= 15 is 0 Å². The van der Waals surface area contributed by atoms with E-state index in [9.17, 15) is 9.90 Å². The molecule has 1 unspecified atom stereocenters. The molecule has 2 spiro atoms. The predicted molar refractivity (Wildman–Crippen MR) is 160 cm³/mol. The minimum Gasteiger partial charge on any atom is -0.497 e. The number of methoxy groups -OCH3 is 2. The van der Waals surface area contributed by atoms with Gasteiger partial charge in [0.15, 0.2) is 11.5 Å². The maximum Gasteiger partial charge on any atom is 0.343 e. The Morgan fingerprint density at radius 1 is 0.933 bits per heavy atom. The summed E-state index contributed by atoms with van der Waals surface area (Å²) in [6, 6.07) is 14.3. The van der Waals surface area contributed by atoms with Crippen molar-refractivity contribution in [1.29, 1.82) is 0 Å². The standard InChI is InChI=1S/C36H38O9/c1-18(2)35-29(44-35)30-36(45-30)33(3)15-14-21-17-41-28(25(21)26(33)24-16-34(36,43-24)32(35)38)27(19-6-10-22(39-4)11-7-19)42-31(37)20-8-12-23(40-5)13-9-20/h6-13,18,24,26,29-30,32,38H,14-17H2,1-5H3/b28-27+/t24?,26-,29-,30-,32-,33-,34+,35-,36+/m0/s1. The van der Waals surface area contributed by atoms with Gasteiger partial charge in [0.1, 0.15) is 53.2 Å². The number of fused-ring (bicyclic) bond motifs is 2. The van der Waals surface area contributed by atoms with Gasteiger partial charge in [-0.05, 0) is 72.9 Å². The lowest BCUT2D eigenvalue weighted by Crippen LogP contribution is -2.83. The summed E-state index contributed by atoms with van der Waals surface area (Å²) >= 11 is 0. The molecule has 4 saturated heterocycles. The average molecular weight is 615 g/mol. The molecule has 10 rings (SSSR count). The number of ether oxygens (including phenoxy) is 7. The first-order valence-electron chi connectivity index (χ1n) is 16.0. The molecule has 2 bridgehead atoms. The first-order chi connectivity index (χ1) is 21.6. The van der Waals surface area contributed by atoms with Gasteiger partial charge < -0.3 is 38.3 Å². The Labute approximate surface area is 262 Å². The molecule has 9 atom stereocenters. The SMILES string of the molecule is COc1ccc(C(=O)O/C(=C2/OCC3=C2[C@@H]2C4C[C@@]5(O4)[C@H](O)[C@@]4(C(C)C)O[C@H]4[C@@H]4O[C@@]45[C@@]2(C)CC3)c2ccc(OC)cc2)cc1. The topological polar surface area (TPSA) is 109 Å². The summed E-state index contributed by atoms with van der Waals surface area (Å²) in [6.45, 7) is 6.94. The van der Waals surface area contributed by atoms with Crippen LogP contribution in [0.5, 0.6) is 11.5 Å². The van der Waals surface area contributed by atoms with Gasteiger partial charge in [0.2, 0.25) is 0 Å². The van der Waals surface area contributed by atoms with Crippen LogP contribution in [0.4, 0.5) is 0 Å². The summed E-state index contributed by atoms with van der Waals surface area (Å²) in [5.74, 6) is 1.87. The molecule has 8 aliphatic rings. The number of allylic oxidation sites excluding steroid dienone is 1. The summed E-state index contributed by atoms with van der Waals surface area (Å²) in [7, 11) is 3.20. The second-order valence-electron chi connectivity index (χ2n) is 14.2. The van der Waals surface area contributed by atoms with Crippen molar-refractivity contribution in [2.75, 3.05) is 20.8 Å². The lowest BCUT2D eigenvalue weighted by atomic mass is 9.41. The zero-order chi connectivity index (χ0) is 31.1. The fourth-order valence-electron chi connectivity index (χ4n) is 9.92. The third-order valence-electron chi connectivity index (χ3n) is 12.2. The van der Waals surface area contributed by atoms with E-state index < -0.39 is 28.9 Å². The predicted octanol–water partition coefficient (Wildman–Crippen LogP) is 4.82. The van der Waals surface area contributed by atoms with Crippen LogP contribution in [-0.4, -0.2) is 73.1 Å². The number of aliphatic hydroxyl groups excluding tert-OH is 1. The molecule has 0 amide bonds. The van der Waals surface area contributed by atoms with E-state index in [2.05, 4.69) is 20.8 Å². The van der Waals surface area contributed by atoms with Crippen molar-refractivity contribution in [2.24, 2.45) is 17.3 Å². The first kappa shape index (κ1) is 27.9. The highest BCUT2D eigenvalue weighted by molar-refractivity contribution is 5.94. The van der Waals surface area contributed by atoms with E-state index in [4.69, 9.17) is 33.2 Å². The number of carbonyl (C=O) groups excluding carboxylic acids is 1. The highest BCUT2D eigenvalue weighted by atomic mass is 16.7. The number of rotatable bonds is 6. The van der Waals surface area contributed by atoms with Crippen LogP contribution >= 0.6 is 0 Å². The van der Waals surface area contributed by atoms with Crippen molar-refractivity contribution < 1.29 is 43.1 Å². The second kappa shape index (κ2) is 8.91. The van der Waals surface area contributed by atoms with E-state index in [1.165, 1.54) is 5.57 Å². The van der Waals surface area contributed by atoms with E-state index in [0.717, 1.165) is 18.4 Å². The molecule has 6 fully saturated rings. The number of hydrogen-bond acceptors (Lipinski definition) is 9. The highest BCUT2D eigenvalue weighted by Gasteiger charge is 2.98. The minimum absolute atomic E-state index is 0.0592. The molecule has 2 saturated carbocycles. The number of hydrogen-bond donors (Lipinski definition) is 1. The van der Waals surface area contributed by atoms with Crippen molar-refractivity contribution in [3.8, 4) is 11.5 Å². The maximum absolute atomic E-state index is 13.6. The summed E-state index contributed by atoms with van der Waals surface area (Å²) in [5.41, 5.74) is 0.964. The molecule has 0 aromatic heterocycles. The third kappa shape index (κ3) is 3.20. The Bertz CT molecular complexity index is 1670. The molecule has 2 aromatic carbocycles. The van der Waals surface area contributed by atoms with Crippen molar-refractivity contribution in [3.05, 3.63) is 76.6 Å². The zero-order valence-electron chi connectivity index (χ0n) is 26.1. The number of carbonyl (C=O) groups is 1. The average Bonchev–Trinajstić information content (AvgIpc) is 3.93. The monoisotopic (exact) mass is 614 g/mol. The molecular weight excluding hydrogens is 576 g/mol. The Morgan fingerprint density at radius 2 is 1.58 bits per heavy atom. The van der Waals surface area contributed by atoms with E-state index in [0.29, 0.717) is 47.2 Å². The lowest BCUT2D eigenvalue weighted by molar-refractivity contribution is -0.366. The van der Waals surface area contributed by atoms with Crippen LogP contribution in [0.1, 0.15) is 56.0 Å². The van der Waals surface area contributed by atoms with Crippen molar-refractivity contribution in [2.45, 2.75) is 81.3 Å². The van der Waals surface area contributed by atoms with Crippen molar-refractivity contribution in [3.63, 3.8) is 0 Å². The number of aliphatic hydroxyl groups is 1. The Hall–Kier alpha value is -3.37. The third-order valence-corrected chi connectivity index (χ3v) is 12.2. The Kier molecular flexibility index (Phi) is 5.52. The van der Waals surface area contributed by atoms with Crippen LogP contribution in [0, 0.1) is 17.3 Å². The number of esters is 1. The van der Waals surface area contributed by atoms with Gasteiger partial charge in [-0.1, -0.05) is 20.8 Å². The van der Waals surface area contributed by atoms with Crippen LogP contribution in [-0.2, 0) is 23.7 Å². The molecule has 3 aliphatic carbocycles. The van der Waals surface area contributed by atoms with Crippen molar-refractivity contribution >= 4 is 11.7 Å². The maximum atomic E-state index is 13.6. The Balaban J connectivity index is 1.14. The molecule has 2 aromatic rings. The van der Waals surface area contributed by atoms with Crippen LogP contribution in [0.2, 0.25) is 0 Å². The van der Waals surface area contributed by atoms with E-state index in [1.807, 2.05) is 24.3 Å². The summed E-state index contributed by atoms with van der Waals surface area (Å²) in [5, 5.41) is 11.9. The molecule has 9 heteroatoms. The minimum atomic E-state index is -0.786. The van der Waals surface area contributed by atoms with Gasteiger partial charge in [0.25, 0.3) is 0 Å². The van der Waals surface area contributed by atoms with Gasteiger partial charge in [0.05, 0.1) is 25.9 Å². The van der Waals surface area contributed by atoms with Gasteiger partial charge in [-0.3, -0.25) is 0 Å². The molecule has 1 N–H and O–H groups in total. The zero-order valence-corrected chi connectivity index (χ0v) is 26.1. The fourth-order valence-corrected chi connectivity index (χ4v) is 9.92. The van der Waals surface area contributed by atoms with Crippen LogP contribution in [0.3, 0.4) is 0 Å². The quantitative estimate of drug-likeness (QED) is 0.278. The lowest BCUT2D eigenvalue weighted by Gasteiger charge is -2.70. The van der Waals surface area contributed by atoms with Gasteiger partial charge in [-0.15, -0.1) is 0 Å².